The molecule has 1 aliphatic rings. The molecule has 0 aliphatic carbocycles. The van der Waals surface area contributed by atoms with Crippen LogP contribution in [0.3, 0.4) is 0 Å². The average Bonchev–Trinajstić information content (AvgIpc) is 3.15. The summed E-state index contributed by atoms with van der Waals surface area (Å²) in [5.74, 6) is 0.200. The monoisotopic (exact) mass is 326 g/mol. The fourth-order valence-corrected chi connectivity index (χ4v) is 3.05. The largest absolute Gasteiger partial charge is 0.484 e. The molecule has 2 aromatic rings. The number of rotatable bonds is 4. The fraction of sp³-hybridized carbons (Fsp3) is 0.333. The molecule has 1 aromatic heterocycles. The first kappa shape index (κ1) is 15.0. The van der Waals surface area contributed by atoms with E-state index in [4.69, 9.17) is 4.74 Å². The van der Waals surface area contributed by atoms with E-state index in [-0.39, 0.29) is 17.8 Å². The van der Waals surface area contributed by atoms with Gasteiger partial charge in [0.2, 0.25) is 0 Å². The predicted octanol–water partition coefficient (Wildman–Crippen LogP) is 5.33. The van der Waals surface area contributed by atoms with Crippen LogP contribution in [0.4, 0.5) is 13.2 Å². The topological polar surface area (TPSA) is 34.0 Å². The van der Waals surface area contributed by atoms with Crippen LogP contribution in [0.5, 0.6) is 5.75 Å². The number of azo groups is 1. The molecule has 1 aromatic carbocycles. The van der Waals surface area contributed by atoms with Crippen molar-refractivity contribution < 1.29 is 17.9 Å². The molecule has 0 saturated carbocycles. The van der Waals surface area contributed by atoms with Crippen LogP contribution in [-0.2, 0) is 0 Å². The molecule has 0 saturated heterocycles. The third-order valence-corrected chi connectivity index (χ3v) is 4.30. The number of nitrogens with zero attached hydrogens (tertiary/aromatic N) is 2. The summed E-state index contributed by atoms with van der Waals surface area (Å²) in [6.45, 7) is -1.28. The molecule has 0 amide bonds. The normalized spacial score (nSPS) is 21.2. The van der Waals surface area contributed by atoms with Gasteiger partial charge in [0, 0.05) is 11.3 Å². The van der Waals surface area contributed by atoms with Crippen molar-refractivity contribution in [3.8, 4) is 5.75 Å². The van der Waals surface area contributed by atoms with Gasteiger partial charge in [-0.2, -0.15) is 23.4 Å². The first-order chi connectivity index (χ1) is 10.5. The predicted molar refractivity (Wildman–Crippen MR) is 77.3 cm³/mol. The average molecular weight is 326 g/mol. The highest BCUT2D eigenvalue weighted by molar-refractivity contribution is 7.10. The Kier molecular flexibility index (Phi) is 4.15. The van der Waals surface area contributed by atoms with E-state index in [0.717, 1.165) is 12.0 Å². The molecule has 0 N–H and O–H groups in total. The minimum absolute atomic E-state index is 0.0521. The highest BCUT2D eigenvalue weighted by Gasteiger charge is 2.29. The van der Waals surface area contributed by atoms with Gasteiger partial charge in [-0.1, -0.05) is 18.2 Å². The molecular formula is C15H13F3N2OS. The van der Waals surface area contributed by atoms with E-state index in [0.29, 0.717) is 0 Å². The lowest BCUT2D eigenvalue weighted by atomic mass is 10.0. The summed E-state index contributed by atoms with van der Waals surface area (Å²) in [7, 11) is 0. The summed E-state index contributed by atoms with van der Waals surface area (Å²) in [5.41, 5.74) is 0.933. The van der Waals surface area contributed by atoms with Gasteiger partial charge in [0.05, 0.1) is 6.04 Å². The van der Waals surface area contributed by atoms with Crippen molar-refractivity contribution in [1.82, 2.24) is 0 Å². The molecule has 1 aliphatic heterocycles. The van der Waals surface area contributed by atoms with Crippen LogP contribution in [0.1, 0.15) is 28.9 Å². The Morgan fingerprint density at radius 2 is 1.82 bits per heavy atom. The maximum Gasteiger partial charge on any atom is 0.422 e. The van der Waals surface area contributed by atoms with Crippen LogP contribution in [0, 0.1) is 0 Å². The summed E-state index contributed by atoms with van der Waals surface area (Å²) >= 11 is 1.65. The van der Waals surface area contributed by atoms with Gasteiger partial charge in [-0.25, -0.2) is 0 Å². The fourth-order valence-electron chi connectivity index (χ4n) is 2.27. The van der Waals surface area contributed by atoms with E-state index in [1.165, 1.54) is 17.0 Å². The minimum atomic E-state index is -4.33. The van der Waals surface area contributed by atoms with E-state index < -0.39 is 12.8 Å². The van der Waals surface area contributed by atoms with Gasteiger partial charge in [0.25, 0.3) is 0 Å². The van der Waals surface area contributed by atoms with E-state index in [1.807, 2.05) is 17.5 Å². The molecular weight excluding hydrogens is 313 g/mol. The van der Waals surface area contributed by atoms with Crippen molar-refractivity contribution in [2.75, 3.05) is 6.61 Å². The van der Waals surface area contributed by atoms with Crippen LogP contribution < -0.4 is 4.74 Å². The molecule has 0 bridgehead atoms. The lowest BCUT2D eigenvalue weighted by Gasteiger charge is -2.11. The Morgan fingerprint density at radius 3 is 2.45 bits per heavy atom. The Hall–Kier alpha value is -1.89. The third-order valence-electron chi connectivity index (χ3n) is 3.33. The van der Waals surface area contributed by atoms with E-state index >= 15 is 0 Å². The Bertz CT molecular complexity index is 638. The van der Waals surface area contributed by atoms with Crippen LogP contribution in [0.2, 0.25) is 0 Å². The van der Waals surface area contributed by atoms with Gasteiger partial charge in [-0.3, -0.25) is 0 Å². The molecule has 2 heterocycles. The summed E-state index contributed by atoms with van der Waals surface area (Å²) < 4.78 is 41.0. The maximum absolute atomic E-state index is 12.1. The number of halogens is 3. The minimum Gasteiger partial charge on any atom is -0.484 e. The van der Waals surface area contributed by atoms with E-state index in [2.05, 4.69) is 10.2 Å². The molecule has 7 heteroatoms. The standard InChI is InChI=1S/C15H13F3N2OS/c16-15(17,18)9-21-11-5-3-10(4-6-11)12-8-13(20-19-12)14-2-1-7-22-14/h1-7,12-13H,8-9H2. The zero-order valence-corrected chi connectivity index (χ0v) is 12.3. The Balaban J connectivity index is 1.61. The van der Waals surface area contributed by atoms with Crippen LogP contribution in [0.25, 0.3) is 0 Å². The lowest BCUT2D eigenvalue weighted by molar-refractivity contribution is -0.153. The van der Waals surface area contributed by atoms with Crippen molar-refractivity contribution in [2.24, 2.45) is 10.2 Å². The molecule has 3 rings (SSSR count). The Morgan fingerprint density at radius 1 is 1.09 bits per heavy atom. The van der Waals surface area contributed by atoms with Gasteiger partial charge in [-0.15, -0.1) is 11.3 Å². The first-order valence-electron chi connectivity index (χ1n) is 6.74. The highest BCUT2D eigenvalue weighted by atomic mass is 32.1. The van der Waals surface area contributed by atoms with E-state index in [9.17, 15) is 13.2 Å². The second-order valence-electron chi connectivity index (χ2n) is 4.99. The van der Waals surface area contributed by atoms with Crippen LogP contribution >= 0.6 is 11.3 Å². The molecule has 22 heavy (non-hydrogen) atoms. The van der Waals surface area contributed by atoms with Gasteiger partial charge >= 0.3 is 6.18 Å². The number of alkyl halides is 3. The number of benzene rings is 1. The summed E-state index contributed by atoms with van der Waals surface area (Å²) in [4.78, 5) is 1.18. The Labute approximate surface area is 129 Å². The molecule has 0 fully saturated rings. The zero-order valence-electron chi connectivity index (χ0n) is 11.5. The SMILES string of the molecule is FC(F)(F)COc1ccc(C2CC(c3cccs3)N=N2)cc1. The molecule has 0 radical (unpaired) electrons. The van der Waals surface area contributed by atoms with Crippen molar-refractivity contribution in [3.63, 3.8) is 0 Å². The zero-order chi connectivity index (χ0) is 15.6. The number of ether oxygens (including phenoxy) is 1. The number of hydrogen-bond acceptors (Lipinski definition) is 4. The highest BCUT2D eigenvalue weighted by Crippen LogP contribution is 2.40. The van der Waals surface area contributed by atoms with Gasteiger partial charge in [-0.05, 0) is 29.1 Å². The molecule has 3 nitrogen and oxygen atoms in total. The van der Waals surface area contributed by atoms with Crippen molar-refractivity contribution >= 4 is 11.3 Å². The second-order valence-corrected chi connectivity index (χ2v) is 5.97. The molecule has 2 unspecified atom stereocenters. The second kappa shape index (κ2) is 6.08. The number of hydrogen-bond donors (Lipinski definition) is 0. The maximum atomic E-state index is 12.1. The summed E-state index contributed by atoms with van der Waals surface area (Å²) in [6, 6.07) is 10.6. The quantitative estimate of drug-likeness (QED) is 0.748. The first-order valence-corrected chi connectivity index (χ1v) is 7.62. The molecule has 116 valence electrons. The summed E-state index contributed by atoms with van der Waals surface area (Å²) in [6.07, 6.45) is -3.55. The van der Waals surface area contributed by atoms with Gasteiger partial charge in [0.1, 0.15) is 11.8 Å². The van der Waals surface area contributed by atoms with Crippen LogP contribution in [-0.4, -0.2) is 12.8 Å². The van der Waals surface area contributed by atoms with Crippen LogP contribution in [0.15, 0.2) is 52.0 Å². The van der Waals surface area contributed by atoms with Gasteiger partial charge < -0.3 is 4.74 Å². The van der Waals surface area contributed by atoms with Crippen molar-refractivity contribution in [1.29, 1.82) is 0 Å². The van der Waals surface area contributed by atoms with Crippen molar-refractivity contribution in [3.05, 3.63) is 52.2 Å². The van der Waals surface area contributed by atoms with Crippen molar-refractivity contribution in [2.45, 2.75) is 24.7 Å². The smallest absolute Gasteiger partial charge is 0.422 e. The molecule has 2 atom stereocenters. The third kappa shape index (κ3) is 3.65. The molecule has 0 spiro atoms. The summed E-state index contributed by atoms with van der Waals surface area (Å²) in [5, 5.41) is 10.6. The van der Waals surface area contributed by atoms with Gasteiger partial charge in [0.15, 0.2) is 6.61 Å². The van der Waals surface area contributed by atoms with E-state index in [1.54, 1.807) is 23.5 Å². The number of thiophene rings is 1. The lowest BCUT2D eigenvalue weighted by Crippen LogP contribution is -2.19.